The minimum absolute atomic E-state index is 0.0639. The third kappa shape index (κ3) is 6.12. The topological polar surface area (TPSA) is 139 Å². The van der Waals surface area contributed by atoms with Gasteiger partial charge in [-0.2, -0.15) is 0 Å². The molecule has 172 valence electrons. The van der Waals surface area contributed by atoms with Gasteiger partial charge >= 0.3 is 5.97 Å². The number of carbonyl (C=O) groups is 1. The Morgan fingerprint density at radius 1 is 1.07 bits per heavy atom. The van der Waals surface area contributed by atoms with Gasteiger partial charge in [0.1, 0.15) is 17.8 Å². The van der Waals surface area contributed by atoms with Crippen molar-refractivity contribution in [2.75, 3.05) is 6.54 Å². The molecule has 10 atom stereocenters. The Bertz CT molecular complexity index is 539. The van der Waals surface area contributed by atoms with Gasteiger partial charge in [-0.3, -0.25) is 4.79 Å². The maximum atomic E-state index is 12.6. The Morgan fingerprint density at radius 3 is 2.14 bits per heavy atom. The second-order valence-electron chi connectivity index (χ2n) is 9.45. The van der Waals surface area contributed by atoms with Gasteiger partial charge in [-0.1, -0.05) is 20.8 Å². The molecular weight excluding hydrogens is 378 g/mol. The number of hydrogen-bond donors (Lipinski definition) is 6. The molecule has 1 fully saturated rings. The molecule has 8 nitrogen and oxygen atoms in total. The fourth-order valence-electron chi connectivity index (χ4n) is 4.31. The van der Waals surface area contributed by atoms with E-state index in [4.69, 9.17) is 4.74 Å². The van der Waals surface area contributed by atoms with Crippen LogP contribution in [0.5, 0.6) is 0 Å². The van der Waals surface area contributed by atoms with E-state index in [1.807, 2.05) is 6.92 Å². The fraction of sp³-hybridized carbons (Fsp3) is 0.952. The van der Waals surface area contributed by atoms with Gasteiger partial charge in [-0.05, 0) is 53.0 Å². The van der Waals surface area contributed by atoms with E-state index in [0.717, 1.165) is 0 Å². The SMILES string of the molecule is CC[C@H]1OC(=O)[C@H](C)[C@@H](O)[C@H](C)C(O)[C@](C)(O)C[C@@H](C)CNC(C)[C@@H](O)[C@]1(C)O. The Morgan fingerprint density at radius 2 is 1.62 bits per heavy atom. The summed E-state index contributed by atoms with van der Waals surface area (Å²) in [6.07, 6.45) is -4.19. The van der Waals surface area contributed by atoms with Crippen molar-refractivity contribution >= 4 is 5.97 Å². The number of aliphatic hydroxyl groups is 5. The summed E-state index contributed by atoms with van der Waals surface area (Å²) in [5, 5.41) is 56.9. The molecule has 0 spiro atoms. The predicted octanol–water partition coefficient (Wildman–Crippen LogP) is 0.183. The van der Waals surface area contributed by atoms with Gasteiger partial charge in [0.25, 0.3) is 0 Å². The van der Waals surface area contributed by atoms with Crippen LogP contribution in [-0.4, -0.2) is 79.7 Å². The van der Waals surface area contributed by atoms with Crippen LogP contribution < -0.4 is 5.32 Å². The van der Waals surface area contributed by atoms with Crippen molar-refractivity contribution in [2.24, 2.45) is 17.8 Å². The predicted molar refractivity (Wildman–Crippen MR) is 109 cm³/mol. The zero-order valence-electron chi connectivity index (χ0n) is 18.8. The molecule has 1 saturated heterocycles. The van der Waals surface area contributed by atoms with Crippen molar-refractivity contribution in [3.05, 3.63) is 0 Å². The summed E-state index contributed by atoms with van der Waals surface area (Å²) >= 11 is 0. The van der Waals surface area contributed by atoms with Gasteiger partial charge in [0.05, 0.1) is 23.7 Å². The van der Waals surface area contributed by atoms with E-state index in [2.05, 4.69) is 5.32 Å². The molecule has 8 heteroatoms. The molecule has 2 unspecified atom stereocenters. The second-order valence-corrected chi connectivity index (χ2v) is 9.45. The summed E-state index contributed by atoms with van der Waals surface area (Å²) < 4.78 is 5.47. The monoisotopic (exact) mass is 419 g/mol. The van der Waals surface area contributed by atoms with Gasteiger partial charge in [-0.25, -0.2) is 0 Å². The van der Waals surface area contributed by atoms with Crippen LogP contribution in [0.4, 0.5) is 0 Å². The summed E-state index contributed by atoms with van der Waals surface area (Å²) in [6.45, 7) is 11.8. The number of hydrogen-bond acceptors (Lipinski definition) is 8. The molecule has 0 saturated carbocycles. The first kappa shape index (κ1) is 26.3. The molecule has 1 aliphatic rings. The highest BCUT2D eigenvalue weighted by Crippen LogP contribution is 2.31. The highest BCUT2D eigenvalue weighted by atomic mass is 16.6. The second kappa shape index (κ2) is 10.0. The van der Waals surface area contributed by atoms with Crippen LogP contribution in [0.3, 0.4) is 0 Å². The number of nitrogens with one attached hydrogen (secondary N) is 1. The first-order valence-electron chi connectivity index (χ1n) is 10.6. The summed E-state index contributed by atoms with van der Waals surface area (Å²) in [5.74, 6) is -2.58. The fourth-order valence-corrected chi connectivity index (χ4v) is 4.31. The van der Waals surface area contributed by atoms with E-state index in [9.17, 15) is 30.3 Å². The standard InChI is InChI=1S/C21H41NO7/c1-8-15-21(7,28)18(25)14(5)22-10-11(2)9-20(6,27)17(24)12(3)16(23)13(4)19(26)29-15/h11-18,22-25,27-28H,8-10H2,1-7H3/t11-,12+,13-,14?,15-,16+,17?,18-,20-,21-/m1/s1. The van der Waals surface area contributed by atoms with Crippen LogP contribution in [0.15, 0.2) is 0 Å². The van der Waals surface area contributed by atoms with Crippen molar-refractivity contribution in [1.82, 2.24) is 5.32 Å². The largest absolute Gasteiger partial charge is 0.459 e. The molecule has 0 aromatic carbocycles. The lowest BCUT2D eigenvalue weighted by atomic mass is 9.78. The number of cyclic esters (lactones) is 1. The van der Waals surface area contributed by atoms with Crippen LogP contribution in [0.25, 0.3) is 0 Å². The maximum absolute atomic E-state index is 12.6. The van der Waals surface area contributed by atoms with Crippen LogP contribution >= 0.6 is 0 Å². The van der Waals surface area contributed by atoms with Gasteiger partial charge < -0.3 is 35.6 Å². The average Bonchev–Trinajstić information content (AvgIpc) is 2.65. The third-order valence-electron chi connectivity index (χ3n) is 6.46. The van der Waals surface area contributed by atoms with Gasteiger partial charge in [0.2, 0.25) is 0 Å². The quantitative estimate of drug-likeness (QED) is 0.331. The minimum Gasteiger partial charge on any atom is -0.459 e. The van der Waals surface area contributed by atoms with Gasteiger partial charge in [-0.15, -0.1) is 0 Å². The molecule has 1 aliphatic heterocycles. The molecule has 0 aromatic heterocycles. The summed E-state index contributed by atoms with van der Waals surface area (Å²) in [5.41, 5.74) is -3.19. The van der Waals surface area contributed by atoms with E-state index in [0.29, 0.717) is 6.54 Å². The first-order valence-corrected chi connectivity index (χ1v) is 10.6. The Kier molecular flexibility index (Phi) is 9.08. The zero-order chi connectivity index (χ0) is 22.7. The van der Waals surface area contributed by atoms with Crippen LogP contribution in [0.2, 0.25) is 0 Å². The smallest absolute Gasteiger partial charge is 0.311 e. The average molecular weight is 420 g/mol. The van der Waals surface area contributed by atoms with Crippen molar-refractivity contribution in [3.8, 4) is 0 Å². The highest BCUT2D eigenvalue weighted by molar-refractivity contribution is 5.73. The summed E-state index contributed by atoms with van der Waals surface area (Å²) in [6, 6.07) is -0.512. The van der Waals surface area contributed by atoms with E-state index >= 15 is 0 Å². The van der Waals surface area contributed by atoms with E-state index in [-0.39, 0.29) is 18.8 Å². The van der Waals surface area contributed by atoms with Crippen LogP contribution in [0.1, 0.15) is 61.3 Å². The molecule has 1 heterocycles. The molecule has 29 heavy (non-hydrogen) atoms. The van der Waals surface area contributed by atoms with Crippen LogP contribution in [-0.2, 0) is 9.53 Å². The molecule has 6 N–H and O–H groups in total. The first-order chi connectivity index (χ1) is 13.2. The minimum atomic E-state index is -1.71. The van der Waals surface area contributed by atoms with Crippen molar-refractivity contribution in [1.29, 1.82) is 0 Å². The number of esters is 1. The maximum Gasteiger partial charge on any atom is 0.311 e. The molecule has 0 aliphatic carbocycles. The lowest BCUT2D eigenvalue weighted by molar-refractivity contribution is -0.190. The lowest BCUT2D eigenvalue weighted by Crippen LogP contribution is -2.58. The molecular formula is C21H41NO7. The highest BCUT2D eigenvalue weighted by Gasteiger charge is 2.46. The van der Waals surface area contributed by atoms with E-state index in [1.165, 1.54) is 20.8 Å². The Balaban J connectivity index is 3.28. The summed E-state index contributed by atoms with van der Waals surface area (Å²) in [4.78, 5) is 12.6. The Labute approximate surface area is 174 Å². The molecule has 0 amide bonds. The van der Waals surface area contributed by atoms with Crippen molar-refractivity contribution < 1.29 is 35.1 Å². The lowest BCUT2D eigenvalue weighted by Gasteiger charge is -2.39. The Hall–Kier alpha value is -0.770. The molecule has 0 radical (unpaired) electrons. The van der Waals surface area contributed by atoms with Gasteiger partial charge in [0, 0.05) is 12.0 Å². The number of ether oxygens (including phenoxy) is 1. The number of aliphatic hydroxyl groups excluding tert-OH is 3. The van der Waals surface area contributed by atoms with Gasteiger partial charge in [0.15, 0.2) is 0 Å². The van der Waals surface area contributed by atoms with Crippen LogP contribution in [0, 0.1) is 17.8 Å². The normalized spacial score (nSPS) is 49.0. The summed E-state index contributed by atoms with van der Waals surface area (Å²) in [7, 11) is 0. The molecule has 1 rings (SSSR count). The van der Waals surface area contributed by atoms with E-state index < -0.39 is 59.5 Å². The number of rotatable bonds is 1. The van der Waals surface area contributed by atoms with Crippen molar-refractivity contribution in [2.45, 2.75) is 103 Å². The molecule has 0 aromatic rings. The van der Waals surface area contributed by atoms with E-state index in [1.54, 1.807) is 20.8 Å². The third-order valence-corrected chi connectivity index (χ3v) is 6.46. The zero-order valence-corrected chi connectivity index (χ0v) is 18.8. The molecule has 0 bridgehead atoms. The number of carbonyl (C=O) groups excluding carboxylic acids is 1. The van der Waals surface area contributed by atoms with Crippen molar-refractivity contribution in [3.63, 3.8) is 0 Å².